The Morgan fingerprint density at radius 1 is 1.14 bits per heavy atom. The van der Waals surface area contributed by atoms with Crippen LogP contribution < -0.4 is 5.32 Å². The van der Waals surface area contributed by atoms with E-state index in [2.05, 4.69) is 24.1 Å². The minimum absolute atomic E-state index is 0.121. The number of hydrogen-bond acceptors (Lipinski definition) is 8. The smallest absolute Gasteiger partial charge is 0.341 e. The molecule has 2 aliphatic heterocycles. The number of nitrogens with zero attached hydrogens (tertiary/aromatic N) is 2. The Kier molecular flexibility index (Phi) is 7.86. The maximum Gasteiger partial charge on any atom is 0.341 e. The molecule has 0 bridgehead atoms. The number of morpholine rings is 1. The van der Waals surface area contributed by atoms with Crippen LogP contribution in [0.1, 0.15) is 58.9 Å². The number of carbonyl (C=O) groups excluding carboxylic acids is 2. The van der Waals surface area contributed by atoms with Gasteiger partial charge in [-0.1, -0.05) is 0 Å². The normalized spacial score (nSPS) is 21.3. The van der Waals surface area contributed by atoms with Crippen LogP contribution >= 0.6 is 11.3 Å². The molecule has 0 unspecified atom stereocenters. The van der Waals surface area contributed by atoms with Crippen LogP contribution in [0.3, 0.4) is 0 Å². The Labute approximate surface area is 216 Å². The molecule has 1 aromatic carbocycles. The molecule has 0 aliphatic carbocycles. The summed E-state index contributed by atoms with van der Waals surface area (Å²) in [4.78, 5) is 29.1. The second-order valence-electron chi connectivity index (χ2n) is 9.57. The van der Waals surface area contributed by atoms with E-state index in [-0.39, 0.29) is 30.2 Å². The van der Waals surface area contributed by atoms with E-state index in [1.807, 2.05) is 13.8 Å². The van der Waals surface area contributed by atoms with Crippen LogP contribution in [0.5, 0.6) is 0 Å². The highest BCUT2D eigenvalue weighted by molar-refractivity contribution is 7.89. The minimum atomic E-state index is -3.71. The second-order valence-corrected chi connectivity index (χ2v) is 12.6. The zero-order chi connectivity index (χ0) is 26.2. The lowest BCUT2D eigenvalue weighted by Gasteiger charge is -2.34. The zero-order valence-electron chi connectivity index (χ0n) is 21.2. The maximum atomic E-state index is 13.1. The number of hydrogen-bond donors (Lipinski definition) is 1. The molecule has 1 N–H and O–H groups in total. The summed E-state index contributed by atoms with van der Waals surface area (Å²) in [5.74, 6) is -0.895. The van der Waals surface area contributed by atoms with E-state index < -0.39 is 21.9 Å². The van der Waals surface area contributed by atoms with Crippen molar-refractivity contribution in [1.29, 1.82) is 0 Å². The molecule has 196 valence electrons. The first kappa shape index (κ1) is 26.7. The predicted octanol–water partition coefficient (Wildman–Crippen LogP) is 3.35. The van der Waals surface area contributed by atoms with Crippen molar-refractivity contribution in [2.45, 2.75) is 63.8 Å². The van der Waals surface area contributed by atoms with Gasteiger partial charge in [-0.05, 0) is 63.9 Å². The molecule has 4 rings (SSSR count). The van der Waals surface area contributed by atoms with E-state index >= 15 is 0 Å². The first-order chi connectivity index (χ1) is 17.0. The second kappa shape index (κ2) is 10.6. The SMILES string of the molecule is COC(=O)c1c(NC(=O)c2ccc(S(=O)(=O)N3C[C@@H](C)O[C@@H](C)C3)cc2)sc2c1CCN(C(C)C)C2. The largest absolute Gasteiger partial charge is 0.465 e. The molecular weight excluding hydrogens is 502 g/mol. The van der Waals surface area contributed by atoms with Crippen LogP contribution in [0.25, 0.3) is 0 Å². The lowest BCUT2D eigenvalue weighted by atomic mass is 10.0. The summed E-state index contributed by atoms with van der Waals surface area (Å²) in [6.45, 7) is 10.1. The average Bonchev–Trinajstić information content (AvgIpc) is 3.19. The number of carbonyl (C=O) groups is 2. The molecule has 0 radical (unpaired) electrons. The van der Waals surface area contributed by atoms with Gasteiger partial charge in [-0.25, -0.2) is 13.2 Å². The highest BCUT2D eigenvalue weighted by atomic mass is 32.2. The predicted molar refractivity (Wildman–Crippen MR) is 138 cm³/mol. The number of thiophene rings is 1. The molecule has 11 heteroatoms. The Balaban J connectivity index is 1.54. The zero-order valence-corrected chi connectivity index (χ0v) is 22.9. The molecule has 1 aromatic heterocycles. The number of ether oxygens (including phenoxy) is 2. The van der Waals surface area contributed by atoms with Gasteiger partial charge in [0.15, 0.2) is 0 Å². The van der Waals surface area contributed by atoms with E-state index in [9.17, 15) is 18.0 Å². The lowest BCUT2D eigenvalue weighted by molar-refractivity contribution is -0.0440. The van der Waals surface area contributed by atoms with E-state index in [1.165, 1.54) is 47.0 Å². The van der Waals surface area contributed by atoms with Crippen LogP contribution in [0, 0.1) is 0 Å². The Hall–Kier alpha value is -2.31. The van der Waals surface area contributed by atoms with E-state index in [0.717, 1.165) is 17.0 Å². The molecule has 2 atom stereocenters. The Morgan fingerprint density at radius 2 is 1.78 bits per heavy atom. The number of methoxy groups -OCH3 is 1. The van der Waals surface area contributed by atoms with Crippen molar-refractivity contribution in [3.05, 3.63) is 45.8 Å². The fourth-order valence-electron chi connectivity index (χ4n) is 4.70. The summed E-state index contributed by atoms with van der Waals surface area (Å²) in [5.41, 5.74) is 1.63. The summed E-state index contributed by atoms with van der Waals surface area (Å²) in [7, 11) is -2.38. The van der Waals surface area contributed by atoms with Gasteiger partial charge in [-0.2, -0.15) is 4.31 Å². The number of esters is 1. The van der Waals surface area contributed by atoms with Crippen molar-refractivity contribution >= 4 is 38.2 Å². The molecule has 3 heterocycles. The summed E-state index contributed by atoms with van der Waals surface area (Å²) in [6.07, 6.45) is 0.318. The highest BCUT2D eigenvalue weighted by Gasteiger charge is 2.33. The van der Waals surface area contributed by atoms with Crippen molar-refractivity contribution in [1.82, 2.24) is 9.21 Å². The molecule has 0 spiro atoms. The number of benzene rings is 1. The molecule has 1 saturated heterocycles. The van der Waals surface area contributed by atoms with Crippen LogP contribution in [0.15, 0.2) is 29.2 Å². The van der Waals surface area contributed by atoms with Crippen LogP contribution in [0.2, 0.25) is 0 Å². The van der Waals surface area contributed by atoms with E-state index in [4.69, 9.17) is 9.47 Å². The third-order valence-electron chi connectivity index (χ3n) is 6.57. The molecule has 1 fully saturated rings. The summed E-state index contributed by atoms with van der Waals surface area (Å²) >= 11 is 1.39. The highest BCUT2D eigenvalue weighted by Crippen LogP contribution is 2.38. The van der Waals surface area contributed by atoms with Crippen molar-refractivity contribution in [2.24, 2.45) is 0 Å². The van der Waals surface area contributed by atoms with Crippen molar-refractivity contribution in [3.8, 4) is 0 Å². The van der Waals surface area contributed by atoms with Gasteiger partial charge in [0.05, 0.1) is 29.8 Å². The maximum absolute atomic E-state index is 13.1. The number of anilines is 1. The monoisotopic (exact) mass is 535 g/mol. The van der Waals surface area contributed by atoms with Crippen LogP contribution in [0.4, 0.5) is 5.00 Å². The molecular formula is C25H33N3O6S2. The number of fused-ring (bicyclic) bond motifs is 1. The van der Waals surface area contributed by atoms with Crippen molar-refractivity contribution in [2.75, 3.05) is 32.1 Å². The Morgan fingerprint density at radius 3 is 2.36 bits per heavy atom. The van der Waals surface area contributed by atoms with Crippen molar-refractivity contribution < 1.29 is 27.5 Å². The quantitative estimate of drug-likeness (QED) is 0.566. The third kappa shape index (κ3) is 5.35. The lowest BCUT2D eigenvalue weighted by Crippen LogP contribution is -2.48. The number of sulfonamides is 1. The van der Waals surface area contributed by atoms with Gasteiger partial charge >= 0.3 is 5.97 Å². The first-order valence-corrected chi connectivity index (χ1v) is 14.3. The van der Waals surface area contributed by atoms with E-state index in [1.54, 1.807) is 0 Å². The van der Waals surface area contributed by atoms with Gasteiger partial charge in [0.1, 0.15) is 5.00 Å². The summed E-state index contributed by atoms with van der Waals surface area (Å²) < 4.78 is 38.3. The van der Waals surface area contributed by atoms with Crippen LogP contribution in [-0.4, -0.2) is 74.5 Å². The fourth-order valence-corrected chi connectivity index (χ4v) is 7.55. The topological polar surface area (TPSA) is 105 Å². The van der Waals surface area contributed by atoms with Gasteiger partial charge in [-0.3, -0.25) is 9.69 Å². The van der Waals surface area contributed by atoms with Gasteiger partial charge in [0, 0.05) is 42.7 Å². The fraction of sp³-hybridized carbons (Fsp3) is 0.520. The van der Waals surface area contributed by atoms with Gasteiger partial charge in [0.25, 0.3) is 5.91 Å². The number of nitrogens with one attached hydrogen (secondary N) is 1. The Bertz CT molecular complexity index is 1230. The molecule has 1 amide bonds. The van der Waals surface area contributed by atoms with Gasteiger partial charge in [0.2, 0.25) is 10.0 Å². The average molecular weight is 536 g/mol. The van der Waals surface area contributed by atoms with Crippen molar-refractivity contribution in [3.63, 3.8) is 0 Å². The standard InChI is InChI=1S/C25H33N3O6S2/c1-15(2)27-11-10-20-21(14-27)35-24(22(20)25(30)33-5)26-23(29)18-6-8-19(9-7-18)36(31,32)28-12-16(3)34-17(4)13-28/h6-9,15-17H,10-14H2,1-5H3,(H,26,29)/t16-,17+. The van der Waals surface area contributed by atoms with Gasteiger partial charge in [-0.15, -0.1) is 11.3 Å². The number of amides is 1. The number of rotatable bonds is 6. The van der Waals surface area contributed by atoms with Gasteiger partial charge < -0.3 is 14.8 Å². The third-order valence-corrected chi connectivity index (χ3v) is 9.55. The summed E-state index contributed by atoms with van der Waals surface area (Å²) in [5, 5.41) is 3.31. The molecule has 0 saturated carbocycles. The summed E-state index contributed by atoms with van der Waals surface area (Å²) in [6, 6.07) is 6.23. The first-order valence-electron chi connectivity index (χ1n) is 12.0. The molecule has 36 heavy (non-hydrogen) atoms. The molecule has 2 aromatic rings. The molecule has 9 nitrogen and oxygen atoms in total. The van der Waals surface area contributed by atoms with Crippen LogP contribution in [-0.2, 0) is 32.5 Å². The molecule has 2 aliphatic rings. The van der Waals surface area contributed by atoms with E-state index in [0.29, 0.717) is 35.1 Å². The minimum Gasteiger partial charge on any atom is -0.465 e.